The van der Waals surface area contributed by atoms with Gasteiger partial charge in [-0.25, -0.2) is 0 Å². The lowest BCUT2D eigenvalue weighted by molar-refractivity contribution is -0.133. The topological polar surface area (TPSA) is 40.6 Å². The molecule has 114 valence electrons. The minimum absolute atomic E-state index is 0.0169. The number of likely N-dealkylation sites (tertiary alicyclic amines) is 1. The zero-order valence-electron chi connectivity index (χ0n) is 12.2. The molecule has 3 rings (SSSR count). The van der Waals surface area contributed by atoms with Crippen molar-refractivity contribution in [1.29, 1.82) is 0 Å². The van der Waals surface area contributed by atoms with Gasteiger partial charge in [-0.2, -0.15) is 11.3 Å². The van der Waals surface area contributed by atoms with Crippen LogP contribution in [-0.4, -0.2) is 46.5 Å². The highest BCUT2D eigenvalue weighted by Crippen LogP contribution is 2.43. The molecule has 2 unspecified atom stereocenters. The number of rotatable bonds is 4. The monoisotopic (exact) mass is 324 g/mol. The average Bonchev–Trinajstić information content (AvgIpc) is 3.20. The molecule has 3 heterocycles. The number of amides is 2. The predicted molar refractivity (Wildman–Crippen MR) is 86.3 cm³/mol. The van der Waals surface area contributed by atoms with E-state index in [0.717, 1.165) is 25.9 Å². The zero-order chi connectivity index (χ0) is 14.8. The van der Waals surface area contributed by atoms with E-state index in [9.17, 15) is 9.59 Å². The third kappa shape index (κ3) is 3.11. The maximum atomic E-state index is 12.3. The molecule has 0 radical (unpaired) electrons. The average molecular weight is 324 g/mol. The molecule has 0 saturated carbocycles. The molecule has 2 atom stereocenters. The fraction of sp³-hybridized carbons (Fsp3) is 0.600. The lowest BCUT2D eigenvalue weighted by atomic mass is 10.2. The smallest absolute Gasteiger partial charge is 0.236 e. The summed E-state index contributed by atoms with van der Waals surface area (Å²) in [5, 5.41) is 4.19. The number of carbonyl (C=O) groups excluding carboxylic acids is 2. The largest absolute Gasteiger partial charge is 0.343 e. The summed E-state index contributed by atoms with van der Waals surface area (Å²) in [5.74, 6) is 0.347. The molecule has 2 fully saturated rings. The summed E-state index contributed by atoms with van der Waals surface area (Å²) in [5.41, 5.74) is 1.18. The molecule has 0 bridgehead atoms. The first kappa shape index (κ1) is 14.9. The summed E-state index contributed by atoms with van der Waals surface area (Å²) in [6.07, 6.45) is 2.66. The Kier molecular flexibility index (Phi) is 4.54. The summed E-state index contributed by atoms with van der Waals surface area (Å²) in [4.78, 5) is 28.3. The van der Waals surface area contributed by atoms with E-state index in [-0.39, 0.29) is 22.4 Å². The Balaban J connectivity index is 1.64. The van der Waals surface area contributed by atoms with Gasteiger partial charge in [-0.05, 0) is 42.2 Å². The van der Waals surface area contributed by atoms with Gasteiger partial charge in [-0.3, -0.25) is 9.59 Å². The first-order chi connectivity index (χ1) is 10.2. The van der Waals surface area contributed by atoms with Crippen LogP contribution < -0.4 is 0 Å². The molecular formula is C15H20N2O2S2. The van der Waals surface area contributed by atoms with Crippen molar-refractivity contribution in [3.8, 4) is 0 Å². The van der Waals surface area contributed by atoms with Crippen molar-refractivity contribution in [2.45, 2.75) is 36.8 Å². The molecule has 1 aromatic rings. The van der Waals surface area contributed by atoms with Crippen LogP contribution in [0.1, 0.15) is 37.1 Å². The molecule has 4 nitrogen and oxygen atoms in total. The van der Waals surface area contributed by atoms with Gasteiger partial charge in [0.2, 0.25) is 11.8 Å². The molecule has 0 spiro atoms. The van der Waals surface area contributed by atoms with Gasteiger partial charge in [0.1, 0.15) is 5.37 Å². The molecule has 2 saturated heterocycles. The minimum atomic E-state index is -0.0169. The van der Waals surface area contributed by atoms with Crippen LogP contribution in [0.2, 0.25) is 0 Å². The Bertz CT molecular complexity index is 512. The quantitative estimate of drug-likeness (QED) is 0.855. The van der Waals surface area contributed by atoms with Crippen LogP contribution in [0.5, 0.6) is 0 Å². The lowest BCUT2D eigenvalue weighted by Gasteiger charge is -2.24. The van der Waals surface area contributed by atoms with Crippen molar-refractivity contribution in [2.24, 2.45) is 0 Å². The Morgan fingerprint density at radius 2 is 2.14 bits per heavy atom. The number of hydrogen-bond donors (Lipinski definition) is 0. The first-order valence-corrected chi connectivity index (χ1v) is 9.31. The molecule has 0 aromatic carbocycles. The van der Waals surface area contributed by atoms with E-state index in [1.54, 1.807) is 23.1 Å². The normalized spacial score (nSPS) is 25.9. The molecule has 2 aliphatic heterocycles. The number of thiophene rings is 1. The van der Waals surface area contributed by atoms with Gasteiger partial charge in [0, 0.05) is 26.1 Å². The maximum Gasteiger partial charge on any atom is 0.236 e. The van der Waals surface area contributed by atoms with Crippen LogP contribution in [-0.2, 0) is 9.59 Å². The number of thioether (sulfide) groups is 1. The minimum Gasteiger partial charge on any atom is -0.343 e. The Hall–Kier alpha value is -1.01. The Morgan fingerprint density at radius 1 is 1.38 bits per heavy atom. The van der Waals surface area contributed by atoms with E-state index >= 15 is 0 Å². The van der Waals surface area contributed by atoms with Crippen LogP contribution in [0.15, 0.2) is 16.8 Å². The highest BCUT2D eigenvalue weighted by molar-refractivity contribution is 8.01. The van der Waals surface area contributed by atoms with Gasteiger partial charge in [-0.1, -0.05) is 0 Å². The second kappa shape index (κ2) is 6.40. The first-order valence-electron chi connectivity index (χ1n) is 7.42. The molecule has 21 heavy (non-hydrogen) atoms. The molecule has 1 aromatic heterocycles. The highest BCUT2D eigenvalue weighted by atomic mass is 32.2. The van der Waals surface area contributed by atoms with E-state index in [4.69, 9.17) is 0 Å². The number of hydrogen-bond acceptors (Lipinski definition) is 4. The van der Waals surface area contributed by atoms with Crippen LogP contribution in [0.3, 0.4) is 0 Å². The molecule has 2 aliphatic rings. The van der Waals surface area contributed by atoms with Gasteiger partial charge in [0.15, 0.2) is 0 Å². The van der Waals surface area contributed by atoms with Crippen molar-refractivity contribution in [3.05, 3.63) is 22.4 Å². The third-order valence-corrected chi connectivity index (χ3v) is 6.20. The molecule has 0 N–H and O–H groups in total. The summed E-state index contributed by atoms with van der Waals surface area (Å²) in [6, 6.07) is 2.07. The van der Waals surface area contributed by atoms with E-state index in [0.29, 0.717) is 13.0 Å². The van der Waals surface area contributed by atoms with Gasteiger partial charge in [-0.15, -0.1) is 11.8 Å². The van der Waals surface area contributed by atoms with Crippen LogP contribution >= 0.6 is 23.1 Å². The van der Waals surface area contributed by atoms with Crippen molar-refractivity contribution in [2.75, 3.05) is 19.6 Å². The van der Waals surface area contributed by atoms with Crippen molar-refractivity contribution in [1.82, 2.24) is 9.80 Å². The SMILES string of the molecule is CC1SC(c2ccsc2)N(CCC(=O)N2CCCC2)C1=O. The lowest BCUT2D eigenvalue weighted by Crippen LogP contribution is -2.35. The van der Waals surface area contributed by atoms with E-state index in [1.807, 2.05) is 22.1 Å². The van der Waals surface area contributed by atoms with Crippen LogP contribution in [0.4, 0.5) is 0 Å². The summed E-state index contributed by atoms with van der Waals surface area (Å²) in [7, 11) is 0. The van der Waals surface area contributed by atoms with E-state index in [2.05, 4.69) is 11.4 Å². The summed E-state index contributed by atoms with van der Waals surface area (Å²) < 4.78 is 0. The second-order valence-electron chi connectivity index (χ2n) is 5.56. The summed E-state index contributed by atoms with van der Waals surface area (Å²) in [6.45, 7) is 4.25. The Labute approximate surface area is 133 Å². The van der Waals surface area contributed by atoms with Gasteiger partial charge < -0.3 is 9.80 Å². The maximum absolute atomic E-state index is 12.3. The van der Waals surface area contributed by atoms with E-state index in [1.165, 1.54) is 5.56 Å². The molecule has 6 heteroatoms. The van der Waals surface area contributed by atoms with E-state index < -0.39 is 0 Å². The van der Waals surface area contributed by atoms with Crippen molar-refractivity contribution >= 4 is 34.9 Å². The van der Waals surface area contributed by atoms with Crippen molar-refractivity contribution < 1.29 is 9.59 Å². The predicted octanol–water partition coefficient (Wildman–Crippen LogP) is 2.72. The van der Waals surface area contributed by atoms with Crippen LogP contribution in [0.25, 0.3) is 0 Å². The summed E-state index contributed by atoms with van der Waals surface area (Å²) >= 11 is 3.33. The van der Waals surface area contributed by atoms with Gasteiger partial charge in [0.25, 0.3) is 0 Å². The van der Waals surface area contributed by atoms with Gasteiger partial charge >= 0.3 is 0 Å². The molecule has 2 amide bonds. The fourth-order valence-electron chi connectivity index (χ4n) is 2.92. The van der Waals surface area contributed by atoms with Crippen molar-refractivity contribution in [3.63, 3.8) is 0 Å². The highest BCUT2D eigenvalue weighted by Gasteiger charge is 2.38. The Morgan fingerprint density at radius 3 is 2.81 bits per heavy atom. The number of carbonyl (C=O) groups is 2. The zero-order valence-corrected chi connectivity index (χ0v) is 13.8. The molecule has 0 aliphatic carbocycles. The third-order valence-electron chi connectivity index (χ3n) is 4.10. The van der Waals surface area contributed by atoms with Crippen LogP contribution in [0, 0.1) is 0 Å². The fourth-order valence-corrected chi connectivity index (χ4v) is 4.98. The second-order valence-corrected chi connectivity index (χ2v) is 7.76. The standard InChI is InChI=1S/C15H20N2O2S2/c1-11-14(19)17(15(21-11)12-5-9-20-10-12)8-4-13(18)16-6-2-3-7-16/h5,9-11,15H,2-4,6-8H2,1H3. The number of nitrogens with zero attached hydrogens (tertiary/aromatic N) is 2. The van der Waals surface area contributed by atoms with Gasteiger partial charge in [0.05, 0.1) is 5.25 Å². The molecular weight excluding hydrogens is 304 g/mol.